The maximum atomic E-state index is 13.2. The highest BCUT2D eigenvalue weighted by Gasteiger charge is 2.32. The molecular weight excluding hydrogens is 307 g/mol. The van der Waals surface area contributed by atoms with E-state index in [9.17, 15) is 14.0 Å². The number of unbranched alkanes of at least 4 members (excludes halogenated alkanes) is 3. The van der Waals surface area contributed by atoms with Gasteiger partial charge >= 0.3 is 5.97 Å². The predicted molar refractivity (Wildman–Crippen MR) is 92.0 cm³/mol. The Bertz CT molecular complexity index is 594. The van der Waals surface area contributed by atoms with Crippen molar-refractivity contribution in [3.05, 3.63) is 41.7 Å². The number of Topliss-reactive ketones (excluding diaryl/α,β-unsaturated/α-hetero) is 1. The number of allylic oxidation sites excluding steroid dienone is 1. The number of ketones is 1. The largest absolute Gasteiger partial charge is 0.481 e. The zero-order valence-corrected chi connectivity index (χ0v) is 13.9. The number of benzene rings is 1. The van der Waals surface area contributed by atoms with Crippen molar-refractivity contribution >= 4 is 17.8 Å². The van der Waals surface area contributed by atoms with Crippen LogP contribution in [-0.4, -0.2) is 16.9 Å². The van der Waals surface area contributed by atoms with Gasteiger partial charge in [-0.3, -0.25) is 9.59 Å². The molecule has 0 heterocycles. The molecule has 24 heavy (non-hydrogen) atoms. The van der Waals surface area contributed by atoms with Crippen LogP contribution in [0.25, 0.3) is 6.08 Å². The average molecular weight is 332 g/mol. The highest BCUT2D eigenvalue weighted by Crippen LogP contribution is 2.34. The molecular formula is C20H25FO3. The number of aliphatic carboxylic acids is 1. The maximum absolute atomic E-state index is 13.2. The highest BCUT2D eigenvalue weighted by atomic mass is 19.1. The molecule has 1 aromatic carbocycles. The van der Waals surface area contributed by atoms with Crippen molar-refractivity contribution < 1.29 is 19.1 Å². The SMILES string of the molecule is O=C(O)CCCCCCC1C(=O)CCC1/C=C/c1cccc(F)c1. The number of carboxylic acids is 1. The van der Waals surface area contributed by atoms with Crippen molar-refractivity contribution in [2.24, 2.45) is 11.8 Å². The maximum Gasteiger partial charge on any atom is 0.303 e. The van der Waals surface area contributed by atoms with Crippen molar-refractivity contribution in [3.8, 4) is 0 Å². The van der Waals surface area contributed by atoms with Gasteiger partial charge in [0.15, 0.2) is 0 Å². The minimum atomic E-state index is -0.747. The lowest BCUT2D eigenvalue weighted by Gasteiger charge is -2.14. The van der Waals surface area contributed by atoms with Crippen molar-refractivity contribution in [1.82, 2.24) is 0 Å². The second-order valence-corrected chi connectivity index (χ2v) is 6.54. The van der Waals surface area contributed by atoms with E-state index in [-0.39, 0.29) is 24.1 Å². The number of carbonyl (C=O) groups excluding carboxylic acids is 1. The highest BCUT2D eigenvalue weighted by molar-refractivity contribution is 5.83. The zero-order valence-electron chi connectivity index (χ0n) is 13.9. The third-order valence-corrected chi connectivity index (χ3v) is 4.69. The van der Waals surface area contributed by atoms with Crippen LogP contribution in [0.1, 0.15) is 56.9 Å². The summed E-state index contributed by atoms with van der Waals surface area (Å²) in [5, 5.41) is 8.61. The molecule has 2 rings (SSSR count). The van der Waals surface area contributed by atoms with Gasteiger partial charge in [-0.2, -0.15) is 0 Å². The van der Waals surface area contributed by atoms with Gasteiger partial charge in [0.25, 0.3) is 0 Å². The van der Waals surface area contributed by atoms with Gasteiger partial charge in [0, 0.05) is 18.8 Å². The molecule has 1 fully saturated rings. The second-order valence-electron chi connectivity index (χ2n) is 6.54. The molecule has 2 atom stereocenters. The summed E-state index contributed by atoms with van der Waals surface area (Å²) in [4.78, 5) is 22.5. The van der Waals surface area contributed by atoms with E-state index in [0.717, 1.165) is 37.7 Å². The molecule has 0 aliphatic heterocycles. The Morgan fingerprint density at radius 2 is 2.04 bits per heavy atom. The molecule has 0 amide bonds. The van der Waals surface area contributed by atoms with Gasteiger partial charge in [0.05, 0.1) is 0 Å². The lowest BCUT2D eigenvalue weighted by atomic mass is 9.89. The van der Waals surface area contributed by atoms with E-state index in [0.29, 0.717) is 18.6 Å². The first-order chi connectivity index (χ1) is 11.6. The van der Waals surface area contributed by atoms with Crippen LogP contribution in [0.15, 0.2) is 30.3 Å². The van der Waals surface area contributed by atoms with Crippen molar-refractivity contribution in [2.75, 3.05) is 0 Å². The number of carboxylic acid groups (broad SMARTS) is 1. The quantitative estimate of drug-likeness (QED) is 0.657. The fraction of sp³-hybridized carbons (Fsp3) is 0.500. The van der Waals surface area contributed by atoms with E-state index >= 15 is 0 Å². The molecule has 1 aromatic rings. The summed E-state index contributed by atoms with van der Waals surface area (Å²) >= 11 is 0. The Kier molecular flexibility index (Phi) is 7.16. The Balaban J connectivity index is 1.79. The first-order valence-corrected chi connectivity index (χ1v) is 8.74. The zero-order chi connectivity index (χ0) is 17.4. The fourth-order valence-electron chi connectivity index (χ4n) is 3.38. The van der Waals surface area contributed by atoms with Crippen LogP contribution in [0.3, 0.4) is 0 Å². The van der Waals surface area contributed by atoms with Gasteiger partial charge in [-0.15, -0.1) is 0 Å². The molecule has 1 aliphatic rings. The van der Waals surface area contributed by atoms with E-state index in [4.69, 9.17) is 5.11 Å². The van der Waals surface area contributed by atoms with Crippen LogP contribution < -0.4 is 0 Å². The summed E-state index contributed by atoms with van der Waals surface area (Å²) in [5.41, 5.74) is 0.821. The van der Waals surface area contributed by atoms with Gasteiger partial charge in [0.2, 0.25) is 0 Å². The van der Waals surface area contributed by atoms with Crippen LogP contribution in [0.4, 0.5) is 4.39 Å². The summed E-state index contributed by atoms with van der Waals surface area (Å²) in [6, 6.07) is 6.45. The topological polar surface area (TPSA) is 54.4 Å². The monoisotopic (exact) mass is 332 g/mol. The van der Waals surface area contributed by atoms with E-state index in [1.54, 1.807) is 6.07 Å². The van der Waals surface area contributed by atoms with Crippen LogP contribution >= 0.6 is 0 Å². The molecule has 2 unspecified atom stereocenters. The Labute approximate surface area is 142 Å². The lowest BCUT2D eigenvalue weighted by molar-refractivity contribution is -0.137. The third-order valence-electron chi connectivity index (χ3n) is 4.69. The van der Waals surface area contributed by atoms with Crippen molar-refractivity contribution in [1.29, 1.82) is 0 Å². The second kappa shape index (κ2) is 9.36. The van der Waals surface area contributed by atoms with Crippen LogP contribution in [-0.2, 0) is 9.59 Å². The number of hydrogen-bond donors (Lipinski definition) is 1. The minimum Gasteiger partial charge on any atom is -0.481 e. The molecule has 1 saturated carbocycles. The van der Waals surface area contributed by atoms with Crippen LogP contribution in [0.2, 0.25) is 0 Å². The molecule has 3 nitrogen and oxygen atoms in total. The van der Waals surface area contributed by atoms with Gasteiger partial charge in [-0.25, -0.2) is 4.39 Å². The molecule has 0 bridgehead atoms. The number of hydrogen-bond acceptors (Lipinski definition) is 2. The standard InChI is InChI=1S/C20H25FO3/c21-17-7-5-6-15(14-17)10-11-16-12-13-19(22)18(16)8-3-1-2-4-9-20(23)24/h5-7,10-11,14,16,18H,1-4,8-9,12-13H2,(H,23,24)/b11-10+. The molecule has 0 radical (unpaired) electrons. The molecule has 1 aliphatic carbocycles. The Morgan fingerprint density at radius 3 is 2.79 bits per heavy atom. The Hall–Kier alpha value is -1.97. The third kappa shape index (κ3) is 5.91. The van der Waals surface area contributed by atoms with Crippen molar-refractivity contribution in [3.63, 3.8) is 0 Å². The summed E-state index contributed by atoms with van der Waals surface area (Å²) < 4.78 is 13.2. The number of halogens is 1. The molecule has 0 saturated heterocycles. The van der Waals surface area contributed by atoms with Crippen LogP contribution in [0.5, 0.6) is 0 Å². The van der Waals surface area contributed by atoms with Crippen LogP contribution in [0, 0.1) is 17.7 Å². The summed E-state index contributed by atoms with van der Waals surface area (Å²) in [5.74, 6) is -0.371. The van der Waals surface area contributed by atoms with E-state index in [1.807, 2.05) is 12.1 Å². The van der Waals surface area contributed by atoms with E-state index in [2.05, 4.69) is 6.08 Å². The molecule has 0 aromatic heterocycles. The predicted octanol–water partition coefficient (Wildman–Crippen LogP) is 4.86. The summed E-state index contributed by atoms with van der Waals surface area (Å²) in [6.07, 6.45) is 10.1. The van der Waals surface area contributed by atoms with E-state index < -0.39 is 5.97 Å². The average Bonchev–Trinajstić information content (AvgIpc) is 2.89. The molecule has 0 spiro atoms. The molecule has 1 N–H and O–H groups in total. The fourth-order valence-corrected chi connectivity index (χ4v) is 3.38. The smallest absolute Gasteiger partial charge is 0.303 e. The first-order valence-electron chi connectivity index (χ1n) is 8.74. The van der Waals surface area contributed by atoms with Gasteiger partial charge in [0.1, 0.15) is 11.6 Å². The number of rotatable bonds is 9. The van der Waals surface area contributed by atoms with E-state index in [1.165, 1.54) is 12.1 Å². The number of carbonyl (C=O) groups is 2. The Morgan fingerprint density at radius 1 is 1.25 bits per heavy atom. The molecule has 130 valence electrons. The summed E-state index contributed by atoms with van der Waals surface area (Å²) in [6.45, 7) is 0. The minimum absolute atomic E-state index is 0.0642. The van der Waals surface area contributed by atoms with Gasteiger partial charge in [-0.1, -0.05) is 43.5 Å². The van der Waals surface area contributed by atoms with Gasteiger partial charge < -0.3 is 5.11 Å². The normalized spacial score (nSPS) is 20.8. The van der Waals surface area contributed by atoms with Gasteiger partial charge in [-0.05, 0) is 42.9 Å². The van der Waals surface area contributed by atoms with Crippen molar-refractivity contribution in [2.45, 2.75) is 51.4 Å². The molecule has 4 heteroatoms. The summed E-state index contributed by atoms with van der Waals surface area (Å²) in [7, 11) is 0. The first kappa shape index (κ1) is 18.4. The lowest BCUT2D eigenvalue weighted by Crippen LogP contribution is -2.13.